The molecule has 0 aromatic heterocycles. The van der Waals surface area contributed by atoms with E-state index < -0.39 is 0 Å². The van der Waals surface area contributed by atoms with Crippen LogP contribution in [0.2, 0.25) is 0 Å². The van der Waals surface area contributed by atoms with Gasteiger partial charge in [0.1, 0.15) is 5.76 Å². The van der Waals surface area contributed by atoms with Gasteiger partial charge in [-0.15, -0.1) is 0 Å². The van der Waals surface area contributed by atoms with Crippen LogP contribution in [0.25, 0.3) is 5.57 Å². The van der Waals surface area contributed by atoms with Crippen LogP contribution < -0.4 is 0 Å². The smallest absolute Gasteiger partial charge is 0.133 e. The summed E-state index contributed by atoms with van der Waals surface area (Å²) < 4.78 is 2.08. The summed E-state index contributed by atoms with van der Waals surface area (Å²) in [4.78, 5) is 0. The van der Waals surface area contributed by atoms with E-state index in [1.165, 1.54) is 77.2 Å². The number of benzene rings is 1. The minimum atomic E-state index is 0.471. The summed E-state index contributed by atoms with van der Waals surface area (Å²) in [7, 11) is 0. The normalized spacial score (nSPS) is 26.7. The minimum Gasteiger partial charge on any atom is -0.506 e. The zero-order valence-electron chi connectivity index (χ0n) is 14.2. The second-order valence-electron chi connectivity index (χ2n) is 7.53. The highest BCUT2D eigenvalue weighted by Crippen LogP contribution is 2.50. The van der Waals surface area contributed by atoms with Crippen LogP contribution in [0.3, 0.4) is 0 Å². The van der Waals surface area contributed by atoms with Crippen molar-refractivity contribution in [3.63, 3.8) is 0 Å². The van der Waals surface area contributed by atoms with Crippen molar-refractivity contribution in [2.24, 2.45) is 11.8 Å². The van der Waals surface area contributed by atoms with Crippen LogP contribution in [0.15, 0.2) is 26.9 Å². The Kier molecular flexibility index (Phi) is 4.68. The average Bonchev–Trinajstić information content (AvgIpc) is 2.58. The number of aryl methyl sites for hydroxylation is 1. The first-order chi connectivity index (χ1) is 11.6. The zero-order valence-corrected chi connectivity index (χ0v) is 17.3. The minimum absolute atomic E-state index is 0.471. The Hall–Kier alpha value is -0.540. The van der Waals surface area contributed by atoms with Crippen LogP contribution in [0.5, 0.6) is 0 Å². The van der Waals surface area contributed by atoms with Gasteiger partial charge in [0.05, 0.1) is 4.48 Å². The molecule has 2 unspecified atom stereocenters. The summed E-state index contributed by atoms with van der Waals surface area (Å²) in [5.41, 5.74) is 6.83. The van der Waals surface area contributed by atoms with Gasteiger partial charge in [0.25, 0.3) is 0 Å². The molecule has 1 aromatic carbocycles. The Bertz CT molecular complexity index is 745. The zero-order chi connectivity index (χ0) is 16.8. The lowest BCUT2D eigenvalue weighted by atomic mass is 9.68. The van der Waals surface area contributed by atoms with Crippen molar-refractivity contribution in [2.45, 2.75) is 58.3 Å². The topological polar surface area (TPSA) is 20.2 Å². The molecular formula is C21H24Br2O. The van der Waals surface area contributed by atoms with Gasteiger partial charge in [0.15, 0.2) is 0 Å². The van der Waals surface area contributed by atoms with Crippen molar-refractivity contribution in [2.75, 3.05) is 0 Å². The van der Waals surface area contributed by atoms with Crippen molar-refractivity contribution >= 4 is 37.4 Å². The SMILES string of the molecule is Cc1c(Br)cc2c(c1C1=C(O)C(Br)=CC3CCCCC13)CCCC2. The van der Waals surface area contributed by atoms with Crippen molar-refractivity contribution in [3.05, 3.63) is 49.1 Å². The highest BCUT2D eigenvalue weighted by Gasteiger charge is 2.36. The molecule has 4 rings (SSSR count). The number of hydrogen-bond donors (Lipinski definition) is 1. The summed E-state index contributed by atoms with van der Waals surface area (Å²) >= 11 is 7.42. The van der Waals surface area contributed by atoms with Crippen molar-refractivity contribution in [1.82, 2.24) is 0 Å². The molecule has 1 fully saturated rings. The third kappa shape index (κ3) is 2.72. The fourth-order valence-corrected chi connectivity index (χ4v) is 5.97. The van der Waals surface area contributed by atoms with E-state index in [9.17, 15) is 5.11 Å². The number of rotatable bonds is 1. The van der Waals surface area contributed by atoms with Crippen LogP contribution in [0, 0.1) is 18.8 Å². The van der Waals surface area contributed by atoms with E-state index in [0.29, 0.717) is 17.6 Å². The lowest BCUT2D eigenvalue weighted by Gasteiger charge is -2.37. The quantitative estimate of drug-likeness (QED) is 0.487. The van der Waals surface area contributed by atoms with E-state index in [2.05, 4.69) is 50.9 Å². The molecule has 3 aliphatic carbocycles. The molecule has 0 amide bonds. The van der Waals surface area contributed by atoms with E-state index in [1.54, 1.807) is 0 Å². The number of fused-ring (bicyclic) bond motifs is 2. The van der Waals surface area contributed by atoms with Crippen molar-refractivity contribution < 1.29 is 5.11 Å². The third-order valence-corrected chi connectivity index (χ3v) is 7.61. The summed E-state index contributed by atoms with van der Waals surface area (Å²) in [5, 5.41) is 11.0. The fraction of sp³-hybridized carbons (Fsp3) is 0.524. The molecule has 0 aliphatic heterocycles. The molecule has 1 aromatic rings. The van der Waals surface area contributed by atoms with Gasteiger partial charge < -0.3 is 5.11 Å². The average molecular weight is 452 g/mol. The monoisotopic (exact) mass is 450 g/mol. The Balaban J connectivity index is 1.95. The van der Waals surface area contributed by atoms with E-state index in [1.807, 2.05) is 0 Å². The molecule has 3 aliphatic rings. The largest absolute Gasteiger partial charge is 0.506 e. The van der Waals surface area contributed by atoms with Crippen LogP contribution in [-0.2, 0) is 12.8 Å². The lowest BCUT2D eigenvalue weighted by Crippen LogP contribution is -2.25. The van der Waals surface area contributed by atoms with E-state index >= 15 is 0 Å². The first kappa shape index (κ1) is 16.9. The highest BCUT2D eigenvalue weighted by atomic mass is 79.9. The van der Waals surface area contributed by atoms with Crippen LogP contribution in [-0.4, -0.2) is 5.11 Å². The van der Waals surface area contributed by atoms with Crippen LogP contribution in [0.4, 0.5) is 0 Å². The summed E-state index contributed by atoms with van der Waals surface area (Å²) in [6, 6.07) is 2.32. The highest BCUT2D eigenvalue weighted by molar-refractivity contribution is 9.12. The molecule has 0 heterocycles. The number of aliphatic hydroxyl groups excluding tert-OH is 1. The van der Waals surface area contributed by atoms with Gasteiger partial charge in [-0.25, -0.2) is 0 Å². The standard InChI is InChI=1S/C21H24Br2O/c1-12-17(22)10-13-6-2-4-8-15(13)19(12)20-16-9-5-3-7-14(16)11-18(23)21(20)24/h10-11,14,16,24H,2-9H2,1H3. The predicted octanol–water partition coefficient (Wildman–Crippen LogP) is 7.00. The Morgan fingerprint density at radius 2 is 1.79 bits per heavy atom. The number of hydrogen-bond acceptors (Lipinski definition) is 1. The van der Waals surface area contributed by atoms with Crippen LogP contribution in [0.1, 0.15) is 60.8 Å². The number of aliphatic hydroxyl groups is 1. The maximum atomic E-state index is 11.0. The lowest BCUT2D eigenvalue weighted by molar-refractivity contribution is 0.325. The Labute approximate surface area is 161 Å². The summed E-state index contributed by atoms with van der Waals surface area (Å²) in [5.74, 6) is 1.52. The van der Waals surface area contributed by atoms with Crippen molar-refractivity contribution in [3.8, 4) is 0 Å². The molecular weight excluding hydrogens is 428 g/mol. The molecule has 0 radical (unpaired) electrons. The molecule has 1 saturated carbocycles. The van der Waals surface area contributed by atoms with Gasteiger partial charge in [-0.3, -0.25) is 0 Å². The van der Waals surface area contributed by atoms with E-state index in [0.717, 1.165) is 10.9 Å². The molecule has 24 heavy (non-hydrogen) atoms. The second kappa shape index (κ2) is 6.64. The van der Waals surface area contributed by atoms with E-state index in [4.69, 9.17) is 0 Å². The van der Waals surface area contributed by atoms with Gasteiger partial charge in [-0.05, 0) is 102 Å². The summed E-state index contributed by atoms with van der Waals surface area (Å²) in [6.07, 6.45) is 12.1. The van der Waals surface area contributed by atoms with Gasteiger partial charge in [-0.2, -0.15) is 0 Å². The number of halogens is 2. The molecule has 2 atom stereocenters. The van der Waals surface area contributed by atoms with Crippen LogP contribution >= 0.6 is 31.9 Å². The molecule has 128 valence electrons. The first-order valence-corrected chi connectivity index (χ1v) is 10.8. The second-order valence-corrected chi connectivity index (χ2v) is 9.24. The predicted molar refractivity (Wildman–Crippen MR) is 108 cm³/mol. The third-order valence-electron chi connectivity index (χ3n) is 6.15. The summed E-state index contributed by atoms with van der Waals surface area (Å²) in [6.45, 7) is 2.21. The fourth-order valence-electron chi connectivity index (χ4n) is 4.94. The molecule has 1 N–H and O–H groups in total. The molecule has 0 bridgehead atoms. The van der Waals surface area contributed by atoms with E-state index in [-0.39, 0.29) is 0 Å². The molecule has 1 nitrogen and oxygen atoms in total. The maximum Gasteiger partial charge on any atom is 0.133 e. The number of allylic oxidation sites excluding steroid dienone is 3. The molecule has 0 saturated heterocycles. The van der Waals surface area contributed by atoms with Gasteiger partial charge in [-0.1, -0.05) is 34.8 Å². The molecule has 0 spiro atoms. The van der Waals surface area contributed by atoms with Gasteiger partial charge in [0, 0.05) is 10.0 Å². The maximum absolute atomic E-state index is 11.0. The van der Waals surface area contributed by atoms with Gasteiger partial charge in [0.2, 0.25) is 0 Å². The molecule has 3 heteroatoms. The Morgan fingerprint density at radius 3 is 2.62 bits per heavy atom. The Morgan fingerprint density at radius 1 is 1.04 bits per heavy atom. The first-order valence-electron chi connectivity index (χ1n) is 9.20. The van der Waals surface area contributed by atoms with Crippen molar-refractivity contribution in [1.29, 1.82) is 0 Å². The van der Waals surface area contributed by atoms with Gasteiger partial charge >= 0.3 is 0 Å².